The number of nitrogens with one attached hydrogen (secondary N) is 2. The van der Waals surface area contributed by atoms with Crippen molar-refractivity contribution in [3.8, 4) is 11.3 Å². The van der Waals surface area contributed by atoms with Gasteiger partial charge in [-0.3, -0.25) is 5.10 Å². The van der Waals surface area contributed by atoms with E-state index in [0.29, 0.717) is 0 Å². The molecule has 2 aromatic rings. The Kier molecular flexibility index (Phi) is 2.11. The zero-order chi connectivity index (χ0) is 11.1. The fourth-order valence-corrected chi connectivity index (χ4v) is 2.37. The molecule has 1 aliphatic carbocycles. The third kappa shape index (κ3) is 1.46. The van der Waals surface area contributed by atoms with Gasteiger partial charge in [0.15, 0.2) is 0 Å². The number of hydrogen-bond acceptors (Lipinski definition) is 2. The maximum absolute atomic E-state index is 9.61. The van der Waals surface area contributed by atoms with Crippen LogP contribution in [0.2, 0.25) is 0 Å². The van der Waals surface area contributed by atoms with Crippen molar-refractivity contribution in [3.05, 3.63) is 29.2 Å². The molecule has 16 heavy (non-hydrogen) atoms. The maximum Gasteiger partial charge on any atom is 0.0598 e. The molecule has 0 saturated carbocycles. The highest BCUT2D eigenvalue weighted by Gasteiger charge is 2.19. The first-order valence-electron chi connectivity index (χ1n) is 5.63. The van der Waals surface area contributed by atoms with Crippen LogP contribution in [-0.4, -0.2) is 26.4 Å². The summed E-state index contributed by atoms with van der Waals surface area (Å²) in [7, 11) is 0. The third-order valence-electron chi connectivity index (χ3n) is 3.30. The van der Waals surface area contributed by atoms with Crippen molar-refractivity contribution in [2.75, 3.05) is 0 Å². The van der Waals surface area contributed by atoms with Gasteiger partial charge in [-0.1, -0.05) is 0 Å². The van der Waals surface area contributed by atoms with Crippen molar-refractivity contribution in [1.29, 1.82) is 0 Å². The smallest absolute Gasteiger partial charge is 0.0598 e. The topological polar surface area (TPSA) is 64.7 Å². The summed E-state index contributed by atoms with van der Waals surface area (Å²) in [5.41, 5.74) is 5.80. The molecule has 2 heterocycles. The van der Waals surface area contributed by atoms with Gasteiger partial charge in [0, 0.05) is 29.1 Å². The van der Waals surface area contributed by atoms with Crippen LogP contribution in [0.15, 0.2) is 12.3 Å². The summed E-state index contributed by atoms with van der Waals surface area (Å²) in [6.45, 7) is 2.01. The van der Waals surface area contributed by atoms with Crippen molar-refractivity contribution in [2.45, 2.75) is 32.3 Å². The Bertz CT molecular complexity index is 512. The van der Waals surface area contributed by atoms with Crippen molar-refractivity contribution in [2.24, 2.45) is 0 Å². The van der Waals surface area contributed by atoms with Gasteiger partial charge in [0.2, 0.25) is 0 Å². The summed E-state index contributed by atoms with van der Waals surface area (Å²) in [4.78, 5) is 3.39. The summed E-state index contributed by atoms with van der Waals surface area (Å²) in [5.74, 6) is 0. The Morgan fingerprint density at radius 1 is 1.50 bits per heavy atom. The van der Waals surface area contributed by atoms with Crippen LogP contribution in [0.1, 0.15) is 23.4 Å². The van der Waals surface area contributed by atoms with E-state index in [-0.39, 0.29) is 6.10 Å². The minimum atomic E-state index is -0.190. The molecule has 2 aromatic heterocycles. The fraction of sp³-hybridized carbons (Fsp3) is 0.417. The number of aryl methyl sites for hydroxylation is 2. The summed E-state index contributed by atoms with van der Waals surface area (Å²) >= 11 is 0. The zero-order valence-corrected chi connectivity index (χ0v) is 9.25. The van der Waals surface area contributed by atoms with Crippen molar-refractivity contribution in [3.63, 3.8) is 0 Å². The van der Waals surface area contributed by atoms with Gasteiger partial charge in [-0.15, -0.1) is 0 Å². The van der Waals surface area contributed by atoms with E-state index >= 15 is 0 Å². The van der Waals surface area contributed by atoms with Crippen LogP contribution in [0.4, 0.5) is 0 Å². The van der Waals surface area contributed by atoms with E-state index in [2.05, 4.69) is 21.2 Å². The van der Waals surface area contributed by atoms with Crippen molar-refractivity contribution >= 4 is 0 Å². The highest BCUT2D eigenvalue weighted by molar-refractivity contribution is 5.63. The largest absolute Gasteiger partial charge is 0.393 e. The van der Waals surface area contributed by atoms with E-state index in [4.69, 9.17) is 0 Å². The average molecular weight is 217 g/mol. The standard InChI is InChI=1S/C12H15N3O/c1-7-10(6-13-15-7)12-4-8-2-3-9(16)5-11(8)14-12/h4,6,9,14,16H,2-3,5H2,1H3,(H,13,15). The molecule has 3 rings (SSSR count). The molecule has 1 unspecified atom stereocenters. The molecule has 0 aromatic carbocycles. The van der Waals surface area contributed by atoms with Crippen LogP contribution in [0.5, 0.6) is 0 Å². The number of aromatic amines is 2. The number of hydrogen-bond donors (Lipinski definition) is 3. The molecule has 0 amide bonds. The predicted octanol–water partition coefficient (Wildman–Crippen LogP) is 1.56. The second kappa shape index (κ2) is 3.49. The van der Waals surface area contributed by atoms with Crippen LogP contribution < -0.4 is 0 Å². The molecule has 4 heteroatoms. The lowest BCUT2D eigenvalue weighted by Crippen LogP contribution is -2.17. The van der Waals surface area contributed by atoms with Gasteiger partial charge in [0.25, 0.3) is 0 Å². The molecule has 0 radical (unpaired) electrons. The minimum Gasteiger partial charge on any atom is -0.393 e. The van der Waals surface area contributed by atoms with Crippen molar-refractivity contribution < 1.29 is 5.11 Å². The second-order valence-electron chi connectivity index (χ2n) is 4.49. The van der Waals surface area contributed by atoms with E-state index in [1.54, 1.807) is 0 Å². The first-order chi connectivity index (χ1) is 7.74. The number of aliphatic hydroxyl groups excluding tert-OH is 1. The van der Waals surface area contributed by atoms with E-state index in [1.165, 1.54) is 11.3 Å². The number of fused-ring (bicyclic) bond motifs is 1. The normalized spacial score (nSPS) is 19.8. The molecule has 1 aliphatic rings. The number of nitrogens with zero attached hydrogens (tertiary/aromatic N) is 1. The van der Waals surface area contributed by atoms with Crippen LogP contribution in [0.25, 0.3) is 11.3 Å². The van der Waals surface area contributed by atoms with Crippen molar-refractivity contribution in [1.82, 2.24) is 15.2 Å². The molecule has 0 aliphatic heterocycles. The lowest BCUT2D eigenvalue weighted by molar-refractivity contribution is 0.157. The molecule has 0 spiro atoms. The highest BCUT2D eigenvalue weighted by Crippen LogP contribution is 2.28. The van der Waals surface area contributed by atoms with Crippen LogP contribution in [-0.2, 0) is 12.8 Å². The van der Waals surface area contributed by atoms with Gasteiger partial charge in [0.05, 0.1) is 12.3 Å². The second-order valence-corrected chi connectivity index (χ2v) is 4.49. The summed E-state index contributed by atoms with van der Waals surface area (Å²) in [5, 5.41) is 16.6. The maximum atomic E-state index is 9.61. The average Bonchev–Trinajstić information content (AvgIpc) is 2.82. The third-order valence-corrected chi connectivity index (χ3v) is 3.30. The number of rotatable bonds is 1. The molecule has 0 bridgehead atoms. The molecule has 4 nitrogen and oxygen atoms in total. The Morgan fingerprint density at radius 3 is 3.12 bits per heavy atom. The quantitative estimate of drug-likeness (QED) is 0.678. The Balaban J connectivity index is 2.02. The monoisotopic (exact) mass is 217 g/mol. The van der Waals surface area contributed by atoms with E-state index in [1.807, 2.05) is 13.1 Å². The van der Waals surface area contributed by atoms with Crippen LogP contribution in [0.3, 0.4) is 0 Å². The van der Waals surface area contributed by atoms with Gasteiger partial charge < -0.3 is 10.1 Å². The minimum absolute atomic E-state index is 0.190. The molecule has 0 saturated heterocycles. The first kappa shape index (κ1) is 9.66. The van der Waals surface area contributed by atoms with Crippen LogP contribution in [0, 0.1) is 6.92 Å². The van der Waals surface area contributed by atoms with Crippen LogP contribution >= 0.6 is 0 Å². The molecular weight excluding hydrogens is 202 g/mol. The lowest BCUT2D eigenvalue weighted by Gasteiger charge is -2.16. The van der Waals surface area contributed by atoms with Gasteiger partial charge >= 0.3 is 0 Å². The number of aromatic nitrogens is 3. The van der Waals surface area contributed by atoms with Gasteiger partial charge in [-0.25, -0.2) is 0 Å². The Morgan fingerprint density at radius 2 is 2.38 bits per heavy atom. The van der Waals surface area contributed by atoms with E-state index in [0.717, 1.165) is 36.2 Å². The summed E-state index contributed by atoms with van der Waals surface area (Å²) < 4.78 is 0. The number of H-pyrrole nitrogens is 2. The first-order valence-corrected chi connectivity index (χ1v) is 5.63. The Labute approximate surface area is 93.7 Å². The van der Waals surface area contributed by atoms with E-state index < -0.39 is 0 Å². The van der Waals surface area contributed by atoms with E-state index in [9.17, 15) is 5.11 Å². The SMILES string of the molecule is Cc1[nH]ncc1-c1cc2c([nH]1)CC(O)CC2. The molecule has 1 atom stereocenters. The molecular formula is C12H15N3O. The molecule has 84 valence electrons. The molecule has 0 fully saturated rings. The lowest BCUT2D eigenvalue weighted by atomic mass is 9.96. The van der Waals surface area contributed by atoms with Gasteiger partial charge in [0.1, 0.15) is 0 Å². The van der Waals surface area contributed by atoms with Gasteiger partial charge in [-0.2, -0.15) is 5.10 Å². The highest BCUT2D eigenvalue weighted by atomic mass is 16.3. The summed E-state index contributed by atoms with van der Waals surface area (Å²) in [6, 6.07) is 2.18. The number of aliphatic hydroxyl groups is 1. The van der Waals surface area contributed by atoms with Gasteiger partial charge in [-0.05, 0) is 31.4 Å². The Hall–Kier alpha value is -1.55. The summed E-state index contributed by atoms with van der Waals surface area (Å²) in [6.07, 6.45) is 4.22. The zero-order valence-electron chi connectivity index (χ0n) is 9.25. The fourth-order valence-electron chi connectivity index (χ4n) is 2.37. The molecule has 3 N–H and O–H groups in total. The predicted molar refractivity (Wildman–Crippen MR) is 61.1 cm³/mol.